The van der Waals surface area contributed by atoms with Gasteiger partial charge in [-0.3, -0.25) is 5.10 Å². The molecule has 0 bridgehead atoms. The van der Waals surface area contributed by atoms with Gasteiger partial charge in [0.15, 0.2) is 5.82 Å². The zero-order chi connectivity index (χ0) is 11.7. The zero-order valence-corrected chi connectivity index (χ0v) is 8.98. The first-order chi connectivity index (χ1) is 7.61. The summed E-state index contributed by atoms with van der Waals surface area (Å²) in [5.41, 5.74) is 2.45. The van der Waals surface area contributed by atoms with Crippen LogP contribution in [0, 0.1) is 13.8 Å². The van der Waals surface area contributed by atoms with Crippen molar-refractivity contribution in [2.45, 2.75) is 13.8 Å². The molecule has 0 spiro atoms. The smallest absolute Gasteiger partial charge is 0.336 e. The highest BCUT2D eigenvalue weighted by Gasteiger charge is 2.18. The van der Waals surface area contributed by atoms with E-state index in [1.807, 2.05) is 13.0 Å². The lowest BCUT2D eigenvalue weighted by molar-refractivity contribution is 0.0697. The van der Waals surface area contributed by atoms with E-state index in [2.05, 4.69) is 15.2 Å². The summed E-state index contributed by atoms with van der Waals surface area (Å²) in [6, 6.07) is 3.66. The average Bonchev–Trinajstić information content (AvgIpc) is 2.73. The molecule has 0 radical (unpaired) electrons. The SMILES string of the molecule is Cc1ccc(C)c(-c2ncn[nH]2)c1C(=O)O. The van der Waals surface area contributed by atoms with Crippen molar-refractivity contribution in [3.63, 3.8) is 0 Å². The minimum absolute atomic E-state index is 0.275. The number of benzene rings is 1. The van der Waals surface area contributed by atoms with E-state index in [1.165, 1.54) is 6.33 Å². The molecule has 0 atom stereocenters. The van der Waals surface area contributed by atoms with Crippen LogP contribution in [0.25, 0.3) is 11.4 Å². The molecular formula is C11H11N3O2. The van der Waals surface area contributed by atoms with Gasteiger partial charge in [-0.2, -0.15) is 5.10 Å². The Morgan fingerprint density at radius 3 is 2.56 bits per heavy atom. The molecule has 5 heteroatoms. The van der Waals surface area contributed by atoms with Gasteiger partial charge in [0.1, 0.15) is 6.33 Å². The number of aromatic nitrogens is 3. The molecule has 1 aromatic heterocycles. The third kappa shape index (κ3) is 1.56. The first kappa shape index (κ1) is 10.4. The van der Waals surface area contributed by atoms with Crippen LogP contribution in [0.1, 0.15) is 21.5 Å². The fraction of sp³-hybridized carbons (Fsp3) is 0.182. The third-order valence-corrected chi connectivity index (χ3v) is 2.49. The fourth-order valence-electron chi connectivity index (χ4n) is 1.72. The van der Waals surface area contributed by atoms with E-state index >= 15 is 0 Å². The molecule has 0 saturated heterocycles. The second-order valence-electron chi connectivity index (χ2n) is 3.59. The van der Waals surface area contributed by atoms with Gasteiger partial charge in [0.25, 0.3) is 0 Å². The number of carbonyl (C=O) groups is 1. The van der Waals surface area contributed by atoms with Crippen molar-refractivity contribution in [3.05, 3.63) is 35.2 Å². The summed E-state index contributed by atoms with van der Waals surface area (Å²) in [6.07, 6.45) is 1.36. The van der Waals surface area contributed by atoms with Crippen molar-refractivity contribution < 1.29 is 9.90 Å². The Morgan fingerprint density at radius 1 is 1.31 bits per heavy atom. The number of nitrogens with one attached hydrogen (secondary N) is 1. The van der Waals surface area contributed by atoms with E-state index in [0.717, 1.165) is 5.56 Å². The largest absolute Gasteiger partial charge is 0.478 e. The Morgan fingerprint density at radius 2 is 2.00 bits per heavy atom. The average molecular weight is 217 g/mol. The molecular weight excluding hydrogens is 206 g/mol. The number of hydrogen-bond donors (Lipinski definition) is 2. The number of H-pyrrole nitrogens is 1. The summed E-state index contributed by atoms with van der Waals surface area (Å²) in [5, 5.41) is 15.6. The number of hydrogen-bond acceptors (Lipinski definition) is 3. The Labute approximate surface area is 92.2 Å². The van der Waals surface area contributed by atoms with Gasteiger partial charge >= 0.3 is 5.97 Å². The minimum atomic E-state index is -0.951. The van der Waals surface area contributed by atoms with Crippen molar-refractivity contribution in [1.82, 2.24) is 15.2 Å². The van der Waals surface area contributed by atoms with Crippen molar-refractivity contribution in [2.75, 3.05) is 0 Å². The van der Waals surface area contributed by atoms with Crippen LogP contribution in [-0.4, -0.2) is 26.3 Å². The van der Waals surface area contributed by atoms with E-state index in [-0.39, 0.29) is 5.56 Å². The maximum atomic E-state index is 11.2. The zero-order valence-electron chi connectivity index (χ0n) is 8.98. The molecule has 0 amide bonds. The highest BCUT2D eigenvalue weighted by molar-refractivity contribution is 5.97. The molecule has 0 unspecified atom stereocenters. The van der Waals surface area contributed by atoms with Crippen LogP contribution in [0.3, 0.4) is 0 Å². The molecule has 0 aliphatic rings. The normalized spacial score (nSPS) is 10.4. The summed E-state index contributed by atoms with van der Waals surface area (Å²) in [6.45, 7) is 3.62. The van der Waals surface area contributed by atoms with Crippen LogP contribution in [0.2, 0.25) is 0 Å². The topological polar surface area (TPSA) is 78.9 Å². The molecule has 1 aromatic carbocycles. The fourth-order valence-corrected chi connectivity index (χ4v) is 1.72. The lowest BCUT2D eigenvalue weighted by atomic mass is 9.97. The van der Waals surface area contributed by atoms with E-state index in [0.29, 0.717) is 17.0 Å². The Hall–Kier alpha value is -2.17. The summed E-state index contributed by atoms with van der Waals surface area (Å²) in [7, 11) is 0. The van der Waals surface area contributed by atoms with Crippen molar-refractivity contribution in [3.8, 4) is 11.4 Å². The first-order valence-corrected chi connectivity index (χ1v) is 4.80. The highest BCUT2D eigenvalue weighted by Crippen LogP contribution is 2.26. The summed E-state index contributed by atoms with van der Waals surface area (Å²) in [4.78, 5) is 15.2. The maximum Gasteiger partial charge on any atom is 0.336 e. The third-order valence-electron chi connectivity index (χ3n) is 2.49. The molecule has 0 aliphatic heterocycles. The van der Waals surface area contributed by atoms with Gasteiger partial charge in [-0.1, -0.05) is 12.1 Å². The molecule has 0 fully saturated rings. The molecule has 2 rings (SSSR count). The molecule has 2 aromatic rings. The van der Waals surface area contributed by atoms with E-state index in [1.54, 1.807) is 13.0 Å². The van der Waals surface area contributed by atoms with Crippen LogP contribution in [0.4, 0.5) is 0 Å². The van der Waals surface area contributed by atoms with Crippen LogP contribution in [0.5, 0.6) is 0 Å². The van der Waals surface area contributed by atoms with Crippen LogP contribution < -0.4 is 0 Å². The number of carboxylic acid groups (broad SMARTS) is 1. The van der Waals surface area contributed by atoms with Crippen LogP contribution >= 0.6 is 0 Å². The lowest BCUT2D eigenvalue weighted by Crippen LogP contribution is -2.05. The van der Waals surface area contributed by atoms with Crippen molar-refractivity contribution >= 4 is 5.97 Å². The van der Waals surface area contributed by atoms with Gasteiger partial charge in [0, 0.05) is 5.56 Å². The van der Waals surface area contributed by atoms with Crippen LogP contribution in [-0.2, 0) is 0 Å². The summed E-state index contributed by atoms with van der Waals surface area (Å²) >= 11 is 0. The molecule has 5 nitrogen and oxygen atoms in total. The highest BCUT2D eigenvalue weighted by atomic mass is 16.4. The predicted molar refractivity (Wildman–Crippen MR) is 58.3 cm³/mol. The maximum absolute atomic E-state index is 11.2. The second kappa shape index (κ2) is 3.77. The molecule has 0 saturated carbocycles. The predicted octanol–water partition coefficient (Wildman–Crippen LogP) is 1.79. The molecule has 0 aliphatic carbocycles. The lowest BCUT2D eigenvalue weighted by Gasteiger charge is -2.09. The number of carboxylic acids is 1. The van der Waals surface area contributed by atoms with Gasteiger partial charge in [-0.25, -0.2) is 9.78 Å². The van der Waals surface area contributed by atoms with Gasteiger partial charge in [-0.05, 0) is 25.0 Å². The molecule has 16 heavy (non-hydrogen) atoms. The first-order valence-electron chi connectivity index (χ1n) is 4.80. The Balaban J connectivity index is 2.76. The minimum Gasteiger partial charge on any atom is -0.478 e. The Bertz CT molecular complexity index is 532. The second-order valence-corrected chi connectivity index (χ2v) is 3.59. The summed E-state index contributed by atoms with van der Waals surface area (Å²) in [5.74, 6) is -0.466. The monoisotopic (exact) mass is 217 g/mol. The molecule has 82 valence electrons. The molecule has 2 N–H and O–H groups in total. The van der Waals surface area contributed by atoms with E-state index in [4.69, 9.17) is 0 Å². The molecule has 1 heterocycles. The standard InChI is InChI=1S/C11H11N3O2/c1-6-3-4-7(2)9(11(15)16)8(6)10-12-5-13-14-10/h3-5H,1-2H3,(H,15,16)(H,12,13,14). The Kier molecular flexibility index (Phi) is 2.44. The van der Waals surface area contributed by atoms with Crippen molar-refractivity contribution in [2.24, 2.45) is 0 Å². The van der Waals surface area contributed by atoms with E-state index in [9.17, 15) is 9.90 Å². The van der Waals surface area contributed by atoms with Crippen molar-refractivity contribution in [1.29, 1.82) is 0 Å². The van der Waals surface area contributed by atoms with Gasteiger partial charge in [0.05, 0.1) is 5.56 Å². The van der Waals surface area contributed by atoms with Gasteiger partial charge in [0.2, 0.25) is 0 Å². The van der Waals surface area contributed by atoms with Crippen LogP contribution in [0.15, 0.2) is 18.5 Å². The van der Waals surface area contributed by atoms with Gasteiger partial charge in [-0.15, -0.1) is 0 Å². The summed E-state index contributed by atoms with van der Waals surface area (Å²) < 4.78 is 0. The number of aryl methyl sites for hydroxylation is 2. The number of nitrogens with zero attached hydrogens (tertiary/aromatic N) is 2. The number of rotatable bonds is 2. The quantitative estimate of drug-likeness (QED) is 0.803. The number of aromatic amines is 1. The number of aromatic carboxylic acids is 1. The van der Waals surface area contributed by atoms with Gasteiger partial charge < -0.3 is 5.11 Å². The van der Waals surface area contributed by atoms with E-state index < -0.39 is 5.97 Å².